The lowest BCUT2D eigenvalue weighted by atomic mass is 9.81. The van der Waals surface area contributed by atoms with Gasteiger partial charge in [-0.1, -0.05) is 74.5 Å². The fourth-order valence-electron chi connectivity index (χ4n) is 5.31. The van der Waals surface area contributed by atoms with Gasteiger partial charge in [0.25, 0.3) is 0 Å². The summed E-state index contributed by atoms with van der Waals surface area (Å²) in [6, 6.07) is 0. The van der Waals surface area contributed by atoms with Crippen molar-refractivity contribution in [1.82, 2.24) is 15.0 Å². The summed E-state index contributed by atoms with van der Waals surface area (Å²) in [6.45, 7) is 25.4. The Kier molecular flexibility index (Phi) is 9.28. The summed E-state index contributed by atoms with van der Waals surface area (Å²) in [6.07, 6.45) is 5.35. The lowest BCUT2D eigenvalue weighted by Gasteiger charge is -2.42. The molecule has 1 atom stereocenters. The Labute approximate surface area is 196 Å². The number of rotatable bonds is 13. The van der Waals surface area contributed by atoms with E-state index in [0.29, 0.717) is 0 Å². The third-order valence-electron chi connectivity index (χ3n) is 5.43. The highest BCUT2D eigenvalue weighted by Gasteiger charge is 2.38. The molecule has 0 bridgehead atoms. The molecule has 1 rings (SSSR count). The van der Waals surface area contributed by atoms with Crippen LogP contribution in [0.4, 0.5) is 0 Å². The summed E-state index contributed by atoms with van der Waals surface area (Å²) >= 11 is 1.97. The maximum absolute atomic E-state index is 11.2. The molecule has 0 spiro atoms. The van der Waals surface area contributed by atoms with Gasteiger partial charge in [0.15, 0.2) is 0 Å². The monoisotopic (exact) mass is 471 g/mol. The van der Waals surface area contributed by atoms with E-state index in [1.54, 1.807) is 0 Å². The smallest absolute Gasteiger partial charge is 0.303 e. The summed E-state index contributed by atoms with van der Waals surface area (Å²) in [4.78, 5) is 11.2. The number of carbonyl (C=O) groups is 1. The molecule has 0 amide bonds. The van der Waals surface area contributed by atoms with E-state index in [2.05, 4.69) is 92.4 Å². The van der Waals surface area contributed by atoms with E-state index in [9.17, 15) is 9.90 Å². The molecule has 1 N–H and O–H groups in total. The lowest BCUT2D eigenvalue weighted by Crippen LogP contribution is -2.36. The standard InChI is InChI=1S/C24H46N3O2PS/c1-20(2,12-19(28)29)14-23(7,8)31-24(9,10)15-21(3,4)16-27-13-18(25-26-27)22(5,6)17-30-11/h13,30H,12,14-17H2,1-11H3,(H,28,29). The van der Waals surface area contributed by atoms with E-state index in [0.717, 1.165) is 39.8 Å². The van der Waals surface area contributed by atoms with E-state index in [-0.39, 0.29) is 32.2 Å². The fraction of sp³-hybridized carbons (Fsp3) is 0.875. The highest BCUT2D eigenvalue weighted by atomic mass is 32.2. The van der Waals surface area contributed by atoms with Gasteiger partial charge in [-0.3, -0.25) is 9.48 Å². The first-order valence-corrected chi connectivity index (χ1v) is 13.8. The summed E-state index contributed by atoms with van der Waals surface area (Å²) in [7, 11) is 0.902. The van der Waals surface area contributed by atoms with Gasteiger partial charge in [-0.05, 0) is 36.5 Å². The Morgan fingerprint density at radius 2 is 1.52 bits per heavy atom. The first-order valence-electron chi connectivity index (χ1n) is 11.3. The minimum absolute atomic E-state index is 0.0100. The van der Waals surface area contributed by atoms with Crippen LogP contribution in [0.15, 0.2) is 6.20 Å². The molecule has 31 heavy (non-hydrogen) atoms. The van der Waals surface area contributed by atoms with Gasteiger partial charge in [0.2, 0.25) is 0 Å². The summed E-state index contributed by atoms with van der Waals surface area (Å²) < 4.78 is 2.06. The number of thioether (sulfide) groups is 1. The van der Waals surface area contributed by atoms with Crippen LogP contribution < -0.4 is 0 Å². The number of nitrogens with zero attached hydrogens (tertiary/aromatic N) is 3. The summed E-state index contributed by atoms with van der Waals surface area (Å²) in [5.74, 6) is -0.721. The number of hydrogen-bond acceptors (Lipinski definition) is 4. The van der Waals surface area contributed by atoms with E-state index < -0.39 is 5.97 Å². The molecule has 0 aromatic carbocycles. The molecular weight excluding hydrogens is 425 g/mol. The van der Waals surface area contributed by atoms with E-state index in [1.165, 1.54) is 0 Å². The minimum atomic E-state index is -0.721. The van der Waals surface area contributed by atoms with Crippen LogP contribution in [0.5, 0.6) is 0 Å². The van der Waals surface area contributed by atoms with Crippen LogP contribution in [0.1, 0.15) is 94.2 Å². The number of hydrogen-bond donors (Lipinski definition) is 1. The van der Waals surface area contributed by atoms with Gasteiger partial charge in [0.1, 0.15) is 0 Å². The third-order valence-corrected chi connectivity index (χ3v) is 8.06. The molecule has 1 aromatic heterocycles. The quantitative estimate of drug-likeness (QED) is 0.334. The van der Waals surface area contributed by atoms with Crippen molar-refractivity contribution in [3.63, 3.8) is 0 Å². The molecule has 0 aliphatic rings. The molecular formula is C24H46N3O2PS. The maximum atomic E-state index is 11.2. The molecule has 1 aromatic rings. The van der Waals surface area contributed by atoms with Crippen LogP contribution in [0.25, 0.3) is 0 Å². The third kappa shape index (κ3) is 10.2. The van der Waals surface area contributed by atoms with Gasteiger partial charge in [-0.25, -0.2) is 0 Å². The van der Waals surface area contributed by atoms with Gasteiger partial charge in [-0.2, -0.15) is 0 Å². The predicted octanol–water partition coefficient (Wildman–Crippen LogP) is 6.46. The molecule has 0 aliphatic heterocycles. The molecule has 0 fully saturated rings. The van der Waals surface area contributed by atoms with E-state index in [4.69, 9.17) is 0 Å². The highest BCUT2D eigenvalue weighted by Crippen LogP contribution is 2.48. The molecule has 0 aliphatic carbocycles. The molecule has 0 saturated carbocycles. The van der Waals surface area contributed by atoms with Gasteiger partial charge >= 0.3 is 5.97 Å². The van der Waals surface area contributed by atoms with Crippen molar-refractivity contribution < 1.29 is 9.90 Å². The van der Waals surface area contributed by atoms with E-state index in [1.807, 2.05) is 16.4 Å². The van der Waals surface area contributed by atoms with Crippen LogP contribution in [0, 0.1) is 10.8 Å². The second-order valence-corrected chi connectivity index (χ2v) is 16.1. The fourth-order valence-corrected chi connectivity index (χ4v) is 8.80. The van der Waals surface area contributed by atoms with Crippen LogP contribution in [0.2, 0.25) is 0 Å². The second-order valence-electron chi connectivity index (χ2n) is 12.6. The van der Waals surface area contributed by atoms with Crippen molar-refractivity contribution >= 4 is 26.3 Å². The van der Waals surface area contributed by atoms with Crippen LogP contribution >= 0.6 is 20.3 Å². The topological polar surface area (TPSA) is 68.0 Å². The summed E-state index contributed by atoms with van der Waals surface area (Å²) in [5, 5.41) is 18.1. The average Bonchev–Trinajstić information content (AvgIpc) is 2.89. The van der Waals surface area contributed by atoms with Crippen molar-refractivity contribution in [2.24, 2.45) is 10.8 Å². The molecule has 0 radical (unpaired) electrons. The highest BCUT2D eigenvalue weighted by molar-refractivity contribution is 8.01. The Morgan fingerprint density at radius 3 is 2.00 bits per heavy atom. The van der Waals surface area contributed by atoms with E-state index >= 15 is 0 Å². The summed E-state index contributed by atoms with van der Waals surface area (Å²) in [5.41, 5.74) is 0.979. The minimum Gasteiger partial charge on any atom is -0.481 e. The molecule has 5 nitrogen and oxygen atoms in total. The SMILES string of the molecule is CPCC(C)(C)c1cn(CC(C)(C)CC(C)(C)SC(C)(C)CC(C)(C)CC(=O)O)nn1. The van der Waals surface area contributed by atoms with Gasteiger partial charge < -0.3 is 5.11 Å². The van der Waals surface area contributed by atoms with Crippen molar-refractivity contribution in [1.29, 1.82) is 0 Å². The number of carboxylic acid groups (broad SMARTS) is 1. The van der Waals surface area contributed by atoms with Crippen molar-refractivity contribution in [2.75, 3.05) is 12.8 Å². The van der Waals surface area contributed by atoms with Crippen molar-refractivity contribution in [3.8, 4) is 0 Å². The van der Waals surface area contributed by atoms with Gasteiger partial charge in [0.05, 0.1) is 12.1 Å². The Morgan fingerprint density at radius 1 is 1.00 bits per heavy atom. The van der Waals surface area contributed by atoms with Gasteiger partial charge in [-0.15, -0.1) is 25.4 Å². The molecule has 7 heteroatoms. The van der Waals surface area contributed by atoms with Crippen LogP contribution in [0.3, 0.4) is 0 Å². The zero-order valence-corrected chi connectivity index (χ0v) is 23.5. The zero-order valence-electron chi connectivity index (χ0n) is 21.7. The Hall–Kier alpha value is -0.610. The average molecular weight is 472 g/mol. The molecule has 0 saturated heterocycles. The van der Waals surface area contributed by atoms with Crippen LogP contribution in [-0.4, -0.2) is 48.4 Å². The van der Waals surface area contributed by atoms with Crippen molar-refractivity contribution in [2.45, 2.75) is 110 Å². The first-order chi connectivity index (χ1) is 13.8. The maximum Gasteiger partial charge on any atom is 0.303 e. The zero-order chi connectivity index (χ0) is 24.3. The molecule has 1 heterocycles. The Bertz CT molecular complexity index is 739. The normalized spacial score (nSPS) is 14.5. The van der Waals surface area contributed by atoms with Crippen molar-refractivity contribution in [3.05, 3.63) is 11.9 Å². The lowest BCUT2D eigenvalue weighted by molar-refractivity contribution is -0.139. The Balaban J connectivity index is 2.82. The molecule has 180 valence electrons. The van der Waals surface area contributed by atoms with Gasteiger partial charge in [0, 0.05) is 27.7 Å². The number of aliphatic carboxylic acids is 1. The number of aromatic nitrogens is 3. The van der Waals surface area contributed by atoms with Crippen LogP contribution in [-0.2, 0) is 16.8 Å². The largest absolute Gasteiger partial charge is 0.481 e. The molecule has 1 unspecified atom stereocenters. The first kappa shape index (κ1) is 28.4. The second kappa shape index (κ2) is 10.1. The predicted molar refractivity (Wildman–Crippen MR) is 137 cm³/mol. The number of carboxylic acids is 1.